The van der Waals surface area contributed by atoms with Crippen LogP contribution in [0.1, 0.15) is 0 Å². The number of fused-ring (bicyclic) bond motifs is 2. The molecule has 0 aliphatic carbocycles. The zero-order valence-electron chi connectivity index (χ0n) is 10.6. The smallest absolute Gasteiger partial charge is 0.138 e. The fourth-order valence-electron chi connectivity index (χ4n) is 2.49. The van der Waals surface area contributed by atoms with Gasteiger partial charge in [0.2, 0.25) is 0 Å². The summed E-state index contributed by atoms with van der Waals surface area (Å²) < 4.78 is 3.13. The quantitative estimate of drug-likeness (QED) is 0.348. The third kappa shape index (κ3) is 1.89. The Balaban J connectivity index is 1.97. The summed E-state index contributed by atoms with van der Waals surface area (Å²) in [5, 5.41) is 4.89. The fourth-order valence-corrected chi connectivity index (χ4v) is 3.23. The van der Waals surface area contributed by atoms with E-state index in [9.17, 15) is 0 Å². The van der Waals surface area contributed by atoms with Crippen LogP contribution in [0.15, 0.2) is 67.0 Å². The summed E-state index contributed by atoms with van der Waals surface area (Å²) in [5.74, 6) is 0.962. The normalized spacial score (nSPS) is 11.2. The maximum absolute atomic E-state index is 4.72. The molecule has 4 aromatic rings. The fraction of sp³-hybridized carbons (Fsp3) is 0. The third-order valence-electron chi connectivity index (χ3n) is 3.50. The molecule has 4 rings (SSSR count). The van der Waals surface area contributed by atoms with Gasteiger partial charge in [-0.3, -0.25) is 0 Å². The Labute approximate surface area is 130 Å². The molecule has 0 amide bonds. The predicted octanol–water partition coefficient (Wildman–Crippen LogP) is 4.78. The predicted molar refractivity (Wildman–Crippen MR) is 91.3 cm³/mol. The highest BCUT2D eigenvalue weighted by molar-refractivity contribution is 14.1. The summed E-state index contributed by atoms with van der Waals surface area (Å²) in [6.45, 7) is 0. The molecular weight excluding hydrogens is 359 g/mol. The van der Waals surface area contributed by atoms with Crippen LogP contribution < -0.4 is 0 Å². The van der Waals surface area contributed by atoms with Crippen molar-refractivity contribution in [2.24, 2.45) is 0 Å². The van der Waals surface area contributed by atoms with Crippen molar-refractivity contribution in [3.63, 3.8) is 0 Å². The molecule has 0 N–H and O–H groups in total. The van der Waals surface area contributed by atoms with E-state index in [0.717, 1.165) is 9.52 Å². The van der Waals surface area contributed by atoms with Gasteiger partial charge in [-0.05, 0) is 44.8 Å². The number of halogens is 1. The first kappa shape index (κ1) is 11.9. The van der Waals surface area contributed by atoms with E-state index in [1.54, 1.807) is 0 Å². The van der Waals surface area contributed by atoms with E-state index in [1.165, 1.54) is 21.5 Å². The van der Waals surface area contributed by atoms with Gasteiger partial charge in [0.25, 0.3) is 0 Å². The van der Waals surface area contributed by atoms with Crippen LogP contribution in [-0.4, -0.2) is 9.55 Å². The number of benzene rings is 2. The first-order valence-corrected chi connectivity index (χ1v) is 7.51. The minimum absolute atomic E-state index is 0.962. The number of hydrogen-bond acceptors (Lipinski definition) is 1. The van der Waals surface area contributed by atoms with Gasteiger partial charge in [-0.15, -0.1) is 0 Å². The van der Waals surface area contributed by atoms with Gasteiger partial charge in [0.15, 0.2) is 0 Å². The van der Waals surface area contributed by atoms with Crippen molar-refractivity contribution in [2.45, 2.75) is 0 Å². The number of hydrogen-bond donors (Lipinski definition) is 0. The van der Waals surface area contributed by atoms with E-state index in [4.69, 9.17) is 4.98 Å². The lowest BCUT2D eigenvalue weighted by Gasteiger charge is -2.06. The van der Waals surface area contributed by atoms with Crippen molar-refractivity contribution < 1.29 is 0 Å². The van der Waals surface area contributed by atoms with Crippen molar-refractivity contribution in [3.05, 3.63) is 70.7 Å². The molecule has 0 saturated carbocycles. The summed E-state index contributed by atoms with van der Waals surface area (Å²) in [4.78, 5) is 4.72. The molecule has 0 bridgehead atoms. The van der Waals surface area contributed by atoms with Crippen LogP contribution in [0.5, 0.6) is 0 Å². The molecule has 2 heterocycles. The Bertz CT molecular complexity index is 891. The summed E-state index contributed by atoms with van der Waals surface area (Å²) in [7, 11) is 0. The van der Waals surface area contributed by atoms with E-state index in [0.29, 0.717) is 0 Å². The van der Waals surface area contributed by atoms with Crippen molar-refractivity contribution in [2.75, 3.05) is 0 Å². The summed E-state index contributed by atoms with van der Waals surface area (Å²) >= 11 is 2.30. The number of pyridine rings is 1. The minimum Gasteiger partial charge on any atom is -0.307 e. The van der Waals surface area contributed by atoms with Gasteiger partial charge in [0.1, 0.15) is 9.52 Å². The Morgan fingerprint density at radius 2 is 1.40 bits per heavy atom. The first-order valence-electron chi connectivity index (χ1n) is 6.44. The van der Waals surface area contributed by atoms with E-state index < -0.39 is 0 Å². The molecule has 2 aromatic carbocycles. The van der Waals surface area contributed by atoms with Crippen LogP contribution in [0.2, 0.25) is 0 Å². The molecule has 96 valence electrons. The van der Waals surface area contributed by atoms with Crippen LogP contribution in [0.3, 0.4) is 0 Å². The Kier molecular flexibility index (Phi) is 2.73. The Hall–Kier alpha value is -1.88. The van der Waals surface area contributed by atoms with Gasteiger partial charge in [-0.2, -0.15) is 0 Å². The van der Waals surface area contributed by atoms with Crippen LogP contribution in [0, 0.1) is 3.70 Å². The molecule has 0 aliphatic heterocycles. The van der Waals surface area contributed by atoms with Gasteiger partial charge >= 0.3 is 0 Å². The average molecular weight is 370 g/mol. The first-order chi connectivity index (χ1) is 9.81. The number of nitrogens with zero attached hydrogens (tertiary/aromatic N) is 2. The van der Waals surface area contributed by atoms with E-state index in [1.807, 2.05) is 0 Å². The number of aromatic nitrogens is 2. The van der Waals surface area contributed by atoms with Gasteiger partial charge in [-0.1, -0.05) is 48.5 Å². The second-order valence-electron chi connectivity index (χ2n) is 4.79. The monoisotopic (exact) mass is 370 g/mol. The number of rotatable bonds is 1. The van der Waals surface area contributed by atoms with Gasteiger partial charge in [-0.25, -0.2) is 4.98 Å². The maximum atomic E-state index is 4.72. The molecule has 0 fully saturated rings. The molecule has 0 saturated heterocycles. The standard InChI is InChI=1S/C17H11IN2/c18-17-15-8-4-3-5-12(15)9-16(19-17)20-10-13-6-1-2-7-14(13)11-20/h1-11H. The summed E-state index contributed by atoms with van der Waals surface area (Å²) in [5.41, 5.74) is 0. The molecule has 0 spiro atoms. The topological polar surface area (TPSA) is 17.8 Å². The summed E-state index contributed by atoms with van der Waals surface area (Å²) in [6.07, 6.45) is 4.26. The molecule has 0 radical (unpaired) electrons. The van der Waals surface area contributed by atoms with Gasteiger partial charge < -0.3 is 4.57 Å². The van der Waals surface area contributed by atoms with E-state index >= 15 is 0 Å². The minimum atomic E-state index is 0.962. The molecule has 2 nitrogen and oxygen atoms in total. The van der Waals surface area contributed by atoms with Crippen LogP contribution in [0.4, 0.5) is 0 Å². The summed E-state index contributed by atoms with van der Waals surface area (Å²) in [6, 6.07) is 18.9. The van der Waals surface area contributed by atoms with E-state index in [-0.39, 0.29) is 0 Å². The zero-order chi connectivity index (χ0) is 13.5. The van der Waals surface area contributed by atoms with Gasteiger partial charge in [0.05, 0.1) is 0 Å². The average Bonchev–Trinajstić information content (AvgIpc) is 2.91. The highest BCUT2D eigenvalue weighted by atomic mass is 127. The molecule has 2 aromatic heterocycles. The lowest BCUT2D eigenvalue weighted by molar-refractivity contribution is 1.01. The van der Waals surface area contributed by atoms with Gasteiger partial charge in [0, 0.05) is 17.8 Å². The molecule has 3 heteroatoms. The molecule has 0 unspecified atom stereocenters. The zero-order valence-corrected chi connectivity index (χ0v) is 12.8. The highest BCUT2D eigenvalue weighted by Crippen LogP contribution is 2.23. The molecule has 0 atom stereocenters. The molecule has 0 aliphatic rings. The van der Waals surface area contributed by atoms with Crippen molar-refractivity contribution in [1.29, 1.82) is 0 Å². The third-order valence-corrected chi connectivity index (χ3v) is 4.32. The Morgan fingerprint density at radius 1 is 0.800 bits per heavy atom. The molecular formula is C17H11IN2. The van der Waals surface area contributed by atoms with Crippen molar-refractivity contribution in [3.8, 4) is 5.82 Å². The van der Waals surface area contributed by atoms with Crippen molar-refractivity contribution in [1.82, 2.24) is 9.55 Å². The van der Waals surface area contributed by atoms with Crippen LogP contribution in [0.25, 0.3) is 27.4 Å². The lowest BCUT2D eigenvalue weighted by atomic mass is 10.2. The second-order valence-corrected chi connectivity index (χ2v) is 5.81. The van der Waals surface area contributed by atoms with Crippen LogP contribution in [-0.2, 0) is 0 Å². The highest BCUT2D eigenvalue weighted by Gasteiger charge is 2.06. The van der Waals surface area contributed by atoms with Crippen LogP contribution >= 0.6 is 22.6 Å². The molecule has 20 heavy (non-hydrogen) atoms. The Morgan fingerprint density at radius 3 is 2.10 bits per heavy atom. The van der Waals surface area contributed by atoms with Crippen molar-refractivity contribution >= 4 is 44.1 Å². The second kappa shape index (κ2) is 4.59. The lowest BCUT2D eigenvalue weighted by Crippen LogP contribution is -1.96. The van der Waals surface area contributed by atoms with E-state index in [2.05, 4.69) is 94.1 Å². The maximum Gasteiger partial charge on any atom is 0.138 e. The SMILES string of the molecule is Ic1nc(-n2cc3ccccc3c2)cc2ccccc12. The largest absolute Gasteiger partial charge is 0.307 e.